The Bertz CT molecular complexity index is 1380. The third-order valence-electron chi connectivity index (χ3n) is 5.64. The van der Waals surface area contributed by atoms with Gasteiger partial charge in [0.1, 0.15) is 6.04 Å². The Balaban J connectivity index is 1.82. The first-order valence-corrected chi connectivity index (χ1v) is 13.4. The summed E-state index contributed by atoms with van der Waals surface area (Å²) >= 11 is 6.00. The summed E-state index contributed by atoms with van der Waals surface area (Å²) in [5, 5.41) is 6.85. The minimum atomic E-state index is -3.86. The highest BCUT2D eigenvalue weighted by Crippen LogP contribution is 2.23. The van der Waals surface area contributed by atoms with Crippen LogP contribution in [-0.4, -0.2) is 35.6 Å². The van der Waals surface area contributed by atoms with E-state index in [2.05, 4.69) is 20.1 Å². The summed E-state index contributed by atoms with van der Waals surface area (Å²) in [4.78, 5) is 30.1. The van der Waals surface area contributed by atoms with Gasteiger partial charge in [0.15, 0.2) is 0 Å². The Labute approximate surface area is 214 Å². The summed E-state index contributed by atoms with van der Waals surface area (Å²) in [6, 6.07) is 9.21. The molecule has 12 heteroatoms. The molecule has 3 rings (SSSR count). The second-order valence-corrected chi connectivity index (χ2v) is 10.1. The van der Waals surface area contributed by atoms with Crippen LogP contribution >= 0.6 is 11.6 Å². The highest BCUT2D eigenvalue weighted by Gasteiger charge is 2.24. The maximum Gasteiger partial charge on any atom is 0.273 e. The number of benzene rings is 1. The molecule has 2 heterocycles. The molecule has 0 unspecified atom stereocenters. The number of carbonyl (C=O) groups excluding carboxylic acids is 1. The van der Waals surface area contributed by atoms with Crippen LogP contribution in [0.15, 0.2) is 58.5 Å². The van der Waals surface area contributed by atoms with Crippen molar-refractivity contribution in [1.82, 2.24) is 19.5 Å². The number of amides is 1. The van der Waals surface area contributed by atoms with Crippen molar-refractivity contribution in [3.8, 4) is 0 Å². The lowest BCUT2D eigenvalue weighted by Crippen LogP contribution is -2.37. The first-order valence-electron chi connectivity index (χ1n) is 11.5. The van der Waals surface area contributed by atoms with E-state index in [0.29, 0.717) is 18.4 Å². The van der Waals surface area contributed by atoms with Crippen molar-refractivity contribution < 1.29 is 13.2 Å². The van der Waals surface area contributed by atoms with Crippen LogP contribution in [0.2, 0.25) is 5.02 Å². The zero-order chi connectivity index (χ0) is 26.3. The fraction of sp³-hybridized carbons (Fsp3) is 0.333. The molecule has 4 N–H and O–H groups in total. The summed E-state index contributed by atoms with van der Waals surface area (Å²) in [7, 11) is -3.86. The Hall–Kier alpha value is -3.12. The number of aryl methyl sites for hydroxylation is 1. The molecule has 0 fully saturated rings. The third-order valence-corrected chi connectivity index (χ3v) is 7.51. The van der Waals surface area contributed by atoms with Crippen LogP contribution < -0.4 is 21.3 Å². The number of nitrogens with zero attached hydrogens (tertiary/aromatic N) is 3. The Morgan fingerprint density at radius 2 is 2.00 bits per heavy atom. The molecule has 0 aliphatic heterocycles. The van der Waals surface area contributed by atoms with Gasteiger partial charge >= 0.3 is 0 Å². The molecule has 0 spiro atoms. The van der Waals surface area contributed by atoms with E-state index >= 15 is 0 Å². The van der Waals surface area contributed by atoms with Crippen LogP contribution in [0.5, 0.6) is 0 Å². The van der Waals surface area contributed by atoms with E-state index in [1.807, 2.05) is 19.1 Å². The lowest BCUT2D eigenvalue weighted by atomic mass is 10.1. The van der Waals surface area contributed by atoms with Crippen molar-refractivity contribution in [1.29, 1.82) is 0 Å². The molecular formula is C24H29ClN6O4S. The third kappa shape index (κ3) is 6.35. The average molecular weight is 533 g/mol. The molecule has 1 aromatic carbocycles. The molecule has 0 aliphatic rings. The highest BCUT2D eigenvalue weighted by atomic mass is 35.5. The number of carbonyl (C=O) groups is 1. The van der Waals surface area contributed by atoms with Gasteiger partial charge in [0.2, 0.25) is 15.9 Å². The van der Waals surface area contributed by atoms with Crippen LogP contribution in [0.25, 0.3) is 0 Å². The van der Waals surface area contributed by atoms with E-state index in [1.165, 1.54) is 12.3 Å². The highest BCUT2D eigenvalue weighted by molar-refractivity contribution is 7.89. The predicted octanol–water partition coefficient (Wildman–Crippen LogP) is 2.42. The van der Waals surface area contributed by atoms with Crippen molar-refractivity contribution in [2.75, 3.05) is 11.9 Å². The monoisotopic (exact) mass is 532 g/mol. The molecule has 0 aliphatic carbocycles. The predicted molar refractivity (Wildman–Crippen MR) is 138 cm³/mol. The lowest BCUT2D eigenvalue weighted by Gasteiger charge is -2.18. The Kier molecular flexibility index (Phi) is 9.32. The topological polar surface area (TPSA) is 149 Å². The largest absolute Gasteiger partial charge is 0.326 e. The number of rotatable bonds is 11. The molecule has 0 bridgehead atoms. The van der Waals surface area contributed by atoms with Gasteiger partial charge in [0.25, 0.3) is 5.56 Å². The van der Waals surface area contributed by atoms with Crippen LogP contribution in [0, 0.1) is 0 Å². The maximum absolute atomic E-state index is 13.1. The molecule has 0 radical (unpaired) electrons. The summed E-state index contributed by atoms with van der Waals surface area (Å²) in [6.07, 6.45) is 4.10. The van der Waals surface area contributed by atoms with Crippen molar-refractivity contribution in [2.24, 2.45) is 5.73 Å². The fourth-order valence-electron chi connectivity index (χ4n) is 3.70. The van der Waals surface area contributed by atoms with E-state index in [9.17, 15) is 18.0 Å². The molecule has 1 atom stereocenters. The van der Waals surface area contributed by atoms with E-state index in [4.69, 9.17) is 17.3 Å². The average Bonchev–Trinajstić information content (AvgIpc) is 2.86. The second kappa shape index (κ2) is 12.2. The van der Waals surface area contributed by atoms with Gasteiger partial charge in [-0.1, -0.05) is 37.6 Å². The van der Waals surface area contributed by atoms with Gasteiger partial charge in [-0.3, -0.25) is 14.6 Å². The number of pyridine rings is 1. The number of aromatic nitrogens is 3. The minimum absolute atomic E-state index is 0.0732. The van der Waals surface area contributed by atoms with Crippen molar-refractivity contribution in [3.05, 3.63) is 81.0 Å². The summed E-state index contributed by atoms with van der Waals surface area (Å²) < 4.78 is 29.8. The molecular weight excluding hydrogens is 504 g/mol. The number of nitrogens with one attached hydrogen (secondary N) is 2. The zero-order valence-corrected chi connectivity index (χ0v) is 21.6. The van der Waals surface area contributed by atoms with Gasteiger partial charge < -0.3 is 11.1 Å². The molecule has 3 aromatic rings. The van der Waals surface area contributed by atoms with Gasteiger partial charge in [-0.25, -0.2) is 17.8 Å². The molecule has 2 aromatic heterocycles. The number of sulfonamides is 1. The normalized spacial score (nSPS) is 12.3. The molecule has 10 nitrogen and oxygen atoms in total. The number of hydrogen-bond donors (Lipinski definition) is 3. The van der Waals surface area contributed by atoms with Crippen LogP contribution in [0.1, 0.15) is 43.1 Å². The lowest BCUT2D eigenvalue weighted by molar-refractivity contribution is -0.119. The fourth-order valence-corrected chi connectivity index (χ4v) is 5.26. The van der Waals surface area contributed by atoms with Crippen molar-refractivity contribution in [2.45, 2.75) is 50.6 Å². The summed E-state index contributed by atoms with van der Waals surface area (Å²) in [6.45, 7) is 3.66. The van der Waals surface area contributed by atoms with Crippen molar-refractivity contribution in [3.63, 3.8) is 0 Å². The Morgan fingerprint density at radius 1 is 1.22 bits per heavy atom. The first kappa shape index (κ1) is 27.5. The number of hydrogen-bond acceptors (Lipinski definition) is 7. The summed E-state index contributed by atoms with van der Waals surface area (Å²) in [5.41, 5.74) is 6.89. The van der Waals surface area contributed by atoms with Gasteiger partial charge in [-0.05, 0) is 42.7 Å². The zero-order valence-electron chi connectivity index (χ0n) is 20.1. The standard InChI is InChI=1S/C24H29ClN6O4S/c1-3-16-8-9-18(13-22(16)36(34,35)29-12-10-17-7-5-6-11-27-17)30-23(32)21(4-2)31-24(33)19(14-26)20(25)15-28-31/h5-9,11,13,15,21,29H,3-4,10,12,14,26H2,1-2H3,(H,30,32)/t21-/m1/s1. The van der Waals surface area contributed by atoms with Gasteiger partial charge in [-0.15, -0.1) is 0 Å². The van der Waals surface area contributed by atoms with Gasteiger partial charge in [0, 0.05) is 37.1 Å². The molecule has 36 heavy (non-hydrogen) atoms. The van der Waals surface area contributed by atoms with Crippen LogP contribution in [0.3, 0.4) is 0 Å². The van der Waals surface area contributed by atoms with E-state index < -0.39 is 27.5 Å². The first-order chi connectivity index (χ1) is 17.2. The number of nitrogens with two attached hydrogens (primary N) is 1. The quantitative estimate of drug-likeness (QED) is 0.343. The minimum Gasteiger partial charge on any atom is -0.326 e. The maximum atomic E-state index is 13.1. The SMILES string of the molecule is CCc1ccc(NC(=O)[C@@H](CC)n2ncc(Cl)c(CN)c2=O)cc1S(=O)(=O)NCCc1ccccn1. The van der Waals surface area contributed by atoms with Crippen LogP contribution in [-0.2, 0) is 34.2 Å². The molecule has 192 valence electrons. The number of halogens is 1. The van der Waals surface area contributed by atoms with E-state index in [1.54, 1.807) is 31.3 Å². The second-order valence-electron chi connectivity index (χ2n) is 7.98. The molecule has 1 amide bonds. The van der Waals surface area contributed by atoms with Gasteiger partial charge in [0.05, 0.1) is 21.7 Å². The smallest absolute Gasteiger partial charge is 0.273 e. The van der Waals surface area contributed by atoms with Gasteiger partial charge in [-0.2, -0.15) is 5.10 Å². The Morgan fingerprint density at radius 3 is 2.64 bits per heavy atom. The molecule has 0 saturated heterocycles. The molecule has 0 saturated carbocycles. The number of anilines is 1. The van der Waals surface area contributed by atoms with Crippen LogP contribution in [0.4, 0.5) is 5.69 Å². The van der Waals surface area contributed by atoms with E-state index in [0.717, 1.165) is 10.4 Å². The summed E-state index contributed by atoms with van der Waals surface area (Å²) in [5.74, 6) is -0.520. The van der Waals surface area contributed by atoms with E-state index in [-0.39, 0.29) is 40.7 Å². The van der Waals surface area contributed by atoms with Crippen molar-refractivity contribution >= 4 is 33.2 Å².